The third kappa shape index (κ3) is 3.66. The number of rotatable bonds is 4. The Hall–Kier alpha value is -2.11. The molecule has 27 heavy (non-hydrogen) atoms. The van der Waals surface area contributed by atoms with Crippen molar-refractivity contribution in [3.8, 4) is 0 Å². The highest BCUT2D eigenvalue weighted by Crippen LogP contribution is 2.36. The smallest absolute Gasteiger partial charge is 0.263 e. The van der Waals surface area contributed by atoms with Crippen molar-refractivity contribution in [3.05, 3.63) is 57.1 Å². The van der Waals surface area contributed by atoms with E-state index in [1.807, 2.05) is 24.3 Å². The van der Waals surface area contributed by atoms with Gasteiger partial charge in [-0.05, 0) is 54.5 Å². The minimum Gasteiger partial charge on any atom is -0.397 e. The molecular formula is C21H22ClN3OS. The Morgan fingerprint density at radius 2 is 2.15 bits per heavy atom. The summed E-state index contributed by atoms with van der Waals surface area (Å²) in [7, 11) is 0. The van der Waals surface area contributed by atoms with Gasteiger partial charge >= 0.3 is 0 Å². The van der Waals surface area contributed by atoms with Gasteiger partial charge in [-0.1, -0.05) is 37.1 Å². The minimum atomic E-state index is -0.158. The van der Waals surface area contributed by atoms with Crippen molar-refractivity contribution < 1.29 is 4.79 Å². The number of anilines is 1. The molecule has 0 fully saturated rings. The molecule has 2 aromatic heterocycles. The number of hydrogen-bond donors (Lipinski definition) is 2. The predicted octanol–water partition coefficient (Wildman–Crippen LogP) is 4.98. The molecule has 1 aromatic carbocycles. The molecule has 3 N–H and O–H groups in total. The number of carbonyl (C=O) groups is 1. The number of aromatic nitrogens is 1. The Labute approximate surface area is 167 Å². The molecule has 6 heteroatoms. The van der Waals surface area contributed by atoms with Crippen molar-refractivity contribution in [2.45, 2.75) is 39.2 Å². The van der Waals surface area contributed by atoms with Gasteiger partial charge < -0.3 is 11.1 Å². The SMILES string of the molecule is CC[C@H]1CCc2nc3sc(C(=O)NCc4ccc(Cl)cc4)c(N)c3cc2C1. The van der Waals surface area contributed by atoms with Gasteiger partial charge in [0.2, 0.25) is 0 Å². The molecule has 0 bridgehead atoms. The number of aryl methyl sites for hydroxylation is 1. The molecule has 0 aliphatic heterocycles. The van der Waals surface area contributed by atoms with Gasteiger partial charge in [-0.25, -0.2) is 4.98 Å². The molecule has 3 aromatic rings. The van der Waals surface area contributed by atoms with Crippen molar-refractivity contribution >= 4 is 44.7 Å². The average Bonchev–Trinajstić information content (AvgIpc) is 3.01. The second-order valence-electron chi connectivity index (χ2n) is 7.12. The number of amides is 1. The molecule has 140 valence electrons. The number of thiophene rings is 1. The highest BCUT2D eigenvalue weighted by molar-refractivity contribution is 7.21. The van der Waals surface area contributed by atoms with Gasteiger partial charge in [0.15, 0.2) is 0 Å². The van der Waals surface area contributed by atoms with Crippen LogP contribution < -0.4 is 11.1 Å². The van der Waals surface area contributed by atoms with Crippen LogP contribution >= 0.6 is 22.9 Å². The van der Waals surface area contributed by atoms with Crippen LogP contribution in [-0.2, 0) is 19.4 Å². The predicted molar refractivity (Wildman–Crippen MR) is 112 cm³/mol. The van der Waals surface area contributed by atoms with E-state index >= 15 is 0 Å². The van der Waals surface area contributed by atoms with E-state index < -0.39 is 0 Å². The summed E-state index contributed by atoms with van der Waals surface area (Å²) in [6, 6.07) is 9.58. The van der Waals surface area contributed by atoms with Crippen molar-refractivity contribution in [1.82, 2.24) is 10.3 Å². The lowest BCUT2D eigenvalue weighted by atomic mass is 9.85. The number of hydrogen-bond acceptors (Lipinski definition) is 4. The first-order valence-electron chi connectivity index (χ1n) is 9.28. The Balaban J connectivity index is 1.57. The number of halogens is 1. The number of nitrogens with two attached hydrogens (primary N) is 1. The molecule has 2 heterocycles. The summed E-state index contributed by atoms with van der Waals surface area (Å²) in [6.07, 6.45) is 4.45. The number of nitrogen functional groups attached to an aromatic ring is 1. The Bertz CT molecular complexity index is 997. The number of nitrogens with zero attached hydrogens (tertiary/aromatic N) is 1. The summed E-state index contributed by atoms with van der Waals surface area (Å²) in [5.41, 5.74) is 10.3. The van der Waals surface area contributed by atoms with Gasteiger partial charge in [-0.3, -0.25) is 4.79 Å². The maximum Gasteiger partial charge on any atom is 0.263 e. The maximum atomic E-state index is 12.7. The van der Waals surface area contributed by atoms with Crippen LogP contribution in [0, 0.1) is 5.92 Å². The third-order valence-electron chi connectivity index (χ3n) is 5.34. The zero-order valence-electron chi connectivity index (χ0n) is 15.2. The van der Waals surface area contributed by atoms with E-state index in [1.165, 1.54) is 35.4 Å². The first-order valence-corrected chi connectivity index (χ1v) is 10.5. The molecule has 0 unspecified atom stereocenters. The van der Waals surface area contributed by atoms with Gasteiger partial charge in [0, 0.05) is 22.6 Å². The quantitative estimate of drug-likeness (QED) is 0.650. The van der Waals surface area contributed by atoms with Crippen LogP contribution in [-0.4, -0.2) is 10.9 Å². The van der Waals surface area contributed by atoms with Crippen LogP contribution in [0.4, 0.5) is 5.69 Å². The highest BCUT2D eigenvalue weighted by Gasteiger charge is 2.23. The zero-order valence-corrected chi connectivity index (χ0v) is 16.8. The zero-order chi connectivity index (χ0) is 19.0. The largest absolute Gasteiger partial charge is 0.397 e. The van der Waals surface area contributed by atoms with Gasteiger partial charge in [0.05, 0.1) is 5.69 Å². The fourth-order valence-corrected chi connectivity index (χ4v) is 4.79. The van der Waals surface area contributed by atoms with Crippen molar-refractivity contribution in [3.63, 3.8) is 0 Å². The normalized spacial score (nSPS) is 16.3. The number of nitrogens with one attached hydrogen (secondary N) is 1. The molecule has 0 radical (unpaired) electrons. The lowest BCUT2D eigenvalue weighted by molar-refractivity contribution is 0.0956. The molecule has 4 rings (SSSR count). The Morgan fingerprint density at radius 1 is 1.37 bits per heavy atom. The van der Waals surface area contributed by atoms with Crippen LogP contribution in [0.25, 0.3) is 10.2 Å². The molecule has 1 aliphatic carbocycles. The fraction of sp³-hybridized carbons (Fsp3) is 0.333. The summed E-state index contributed by atoms with van der Waals surface area (Å²) in [5, 5.41) is 4.53. The summed E-state index contributed by atoms with van der Waals surface area (Å²) in [6.45, 7) is 2.68. The lowest BCUT2D eigenvalue weighted by Gasteiger charge is -2.22. The van der Waals surface area contributed by atoms with E-state index in [2.05, 4.69) is 18.3 Å². The number of pyridine rings is 1. The van der Waals surface area contributed by atoms with Crippen LogP contribution in [0.15, 0.2) is 30.3 Å². The second-order valence-corrected chi connectivity index (χ2v) is 8.55. The van der Waals surface area contributed by atoms with Gasteiger partial charge in [-0.2, -0.15) is 0 Å². The van der Waals surface area contributed by atoms with Gasteiger partial charge in [-0.15, -0.1) is 11.3 Å². The molecule has 1 atom stereocenters. The first-order chi connectivity index (χ1) is 13.0. The fourth-order valence-electron chi connectivity index (χ4n) is 3.65. The Morgan fingerprint density at radius 3 is 2.89 bits per heavy atom. The lowest BCUT2D eigenvalue weighted by Crippen LogP contribution is -2.22. The monoisotopic (exact) mass is 399 g/mol. The maximum absolute atomic E-state index is 12.7. The van der Waals surface area contributed by atoms with E-state index in [0.717, 1.165) is 34.5 Å². The molecule has 0 saturated carbocycles. The topological polar surface area (TPSA) is 68.0 Å². The molecule has 1 aliphatic rings. The van der Waals surface area contributed by atoms with Crippen LogP contribution in [0.3, 0.4) is 0 Å². The summed E-state index contributed by atoms with van der Waals surface area (Å²) >= 11 is 7.28. The van der Waals surface area contributed by atoms with E-state index in [4.69, 9.17) is 22.3 Å². The summed E-state index contributed by atoms with van der Waals surface area (Å²) in [4.78, 5) is 18.9. The highest BCUT2D eigenvalue weighted by atomic mass is 35.5. The van der Waals surface area contributed by atoms with Crippen LogP contribution in [0.1, 0.15) is 46.3 Å². The molecule has 4 nitrogen and oxygen atoms in total. The average molecular weight is 400 g/mol. The third-order valence-corrected chi connectivity index (χ3v) is 6.70. The molecule has 1 amide bonds. The number of benzene rings is 1. The molecular weight excluding hydrogens is 378 g/mol. The first kappa shape index (κ1) is 18.3. The van der Waals surface area contributed by atoms with Gasteiger partial charge in [0.25, 0.3) is 5.91 Å². The standard InChI is InChI=1S/C21H22ClN3OS/c1-2-12-5-8-17-14(9-12)10-16-18(23)19(27-21(16)25-17)20(26)24-11-13-3-6-15(22)7-4-13/h3-4,6-7,10,12H,2,5,8-9,11,23H2,1H3,(H,24,26)/t12-/m0/s1. The number of fused-ring (bicyclic) bond motifs is 2. The molecule has 0 spiro atoms. The molecule has 0 saturated heterocycles. The van der Waals surface area contributed by atoms with Crippen molar-refractivity contribution in [2.75, 3.05) is 5.73 Å². The van der Waals surface area contributed by atoms with Crippen molar-refractivity contribution in [2.24, 2.45) is 5.92 Å². The van der Waals surface area contributed by atoms with Gasteiger partial charge in [0.1, 0.15) is 9.71 Å². The van der Waals surface area contributed by atoms with E-state index in [9.17, 15) is 4.79 Å². The van der Waals surface area contributed by atoms with E-state index in [-0.39, 0.29) is 5.91 Å². The van der Waals surface area contributed by atoms with Crippen LogP contribution in [0.2, 0.25) is 5.02 Å². The van der Waals surface area contributed by atoms with E-state index in [1.54, 1.807) is 0 Å². The van der Waals surface area contributed by atoms with E-state index in [0.29, 0.717) is 22.1 Å². The summed E-state index contributed by atoms with van der Waals surface area (Å²) < 4.78 is 0. The Kier molecular flexibility index (Phi) is 5.06. The minimum absolute atomic E-state index is 0.158. The van der Waals surface area contributed by atoms with Crippen molar-refractivity contribution in [1.29, 1.82) is 0 Å². The number of carbonyl (C=O) groups excluding carboxylic acids is 1. The second kappa shape index (κ2) is 7.49. The summed E-state index contributed by atoms with van der Waals surface area (Å²) in [5.74, 6) is 0.564. The van der Waals surface area contributed by atoms with Crippen LogP contribution in [0.5, 0.6) is 0 Å².